The number of pyridine rings is 1. The lowest BCUT2D eigenvalue weighted by Crippen LogP contribution is -2.25. The smallest absolute Gasteiger partial charge is 0.417 e. The van der Waals surface area contributed by atoms with Gasteiger partial charge in [0, 0.05) is 19.2 Å². The molecular weight excluding hydrogens is 351 g/mol. The number of amides is 1. The van der Waals surface area contributed by atoms with Crippen molar-refractivity contribution in [2.24, 2.45) is 0 Å². The lowest BCUT2D eigenvalue weighted by molar-refractivity contribution is -0.137. The van der Waals surface area contributed by atoms with Gasteiger partial charge in [-0.2, -0.15) is 18.4 Å². The van der Waals surface area contributed by atoms with E-state index in [1.165, 1.54) is 12.3 Å². The summed E-state index contributed by atoms with van der Waals surface area (Å²) in [7, 11) is 0. The normalized spacial score (nSPS) is 12.2. The molecular formula is C17H14F3N3O3. The van der Waals surface area contributed by atoms with E-state index in [0.29, 0.717) is 6.20 Å². The lowest BCUT2D eigenvalue weighted by atomic mass is 9.97. The van der Waals surface area contributed by atoms with Crippen LogP contribution in [0.3, 0.4) is 0 Å². The number of nitriles is 1. The summed E-state index contributed by atoms with van der Waals surface area (Å²) in [5.41, 5.74) is -0.990. The predicted octanol–water partition coefficient (Wildman–Crippen LogP) is 3.08. The van der Waals surface area contributed by atoms with E-state index in [0.717, 1.165) is 12.1 Å². The Hall–Kier alpha value is -3.15. The van der Waals surface area contributed by atoms with Crippen LogP contribution >= 0.6 is 0 Å². The second kappa shape index (κ2) is 8.29. The second-order valence-electron chi connectivity index (χ2n) is 5.33. The van der Waals surface area contributed by atoms with Crippen molar-refractivity contribution >= 4 is 11.7 Å². The molecule has 9 heteroatoms. The van der Waals surface area contributed by atoms with Gasteiger partial charge in [0.15, 0.2) is 11.5 Å². The number of rotatable bonds is 7. The van der Waals surface area contributed by atoms with Gasteiger partial charge in [-0.25, -0.2) is 0 Å². The second-order valence-corrected chi connectivity index (χ2v) is 5.33. The Morgan fingerprint density at radius 2 is 2.08 bits per heavy atom. The van der Waals surface area contributed by atoms with E-state index in [-0.39, 0.29) is 30.8 Å². The van der Waals surface area contributed by atoms with Crippen molar-refractivity contribution in [3.8, 4) is 6.07 Å². The number of ketones is 1. The van der Waals surface area contributed by atoms with Gasteiger partial charge >= 0.3 is 6.18 Å². The maximum absolute atomic E-state index is 12.5. The van der Waals surface area contributed by atoms with Crippen molar-refractivity contribution in [1.82, 2.24) is 10.3 Å². The maximum atomic E-state index is 12.5. The topological polar surface area (TPSA) is 96.0 Å². The van der Waals surface area contributed by atoms with E-state index in [4.69, 9.17) is 9.68 Å². The molecule has 0 aliphatic heterocycles. The number of nitrogens with one attached hydrogen (secondary N) is 1. The summed E-state index contributed by atoms with van der Waals surface area (Å²) in [5.74, 6) is -2.02. The van der Waals surface area contributed by atoms with Gasteiger partial charge in [0.1, 0.15) is 5.92 Å². The molecule has 1 amide bonds. The first-order chi connectivity index (χ1) is 12.3. The molecule has 0 fully saturated rings. The van der Waals surface area contributed by atoms with E-state index >= 15 is 0 Å². The van der Waals surface area contributed by atoms with Crippen LogP contribution < -0.4 is 5.32 Å². The zero-order valence-corrected chi connectivity index (χ0v) is 13.4. The van der Waals surface area contributed by atoms with E-state index < -0.39 is 29.3 Å². The molecule has 2 heterocycles. The zero-order valence-electron chi connectivity index (χ0n) is 13.4. The molecule has 26 heavy (non-hydrogen) atoms. The number of nitrogens with zero attached hydrogens (tertiary/aromatic N) is 2. The summed E-state index contributed by atoms with van der Waals surface area (Å²) in [5, 5.41) is 11.7. The van der Waals surface area contributed by atoms with Crippen LogP contribution in [0.2, 0.25) is 0 Å². The van der Waals surface area contributed by atoms with Crippen molar-refractivity contribution in [3.63, 3.8) is 0 Å². The molecule has 0 saturated heterocycles. The Morgan fingerprint density at radius 1 is 1.31 bits per heavy atom. The Balaban J connectivity index is 1.86. The number of hydrogen-bond acceptors (Lipinski definition) is 5. The summed E-state index contributed by atoms with van der Waals surface area (Å²) in [6, 6.07) is 6.61. The molecule has 0 saturated carbocycles. The number of carbonyl (C=O) groups excluding carboxylic acids is 2. The fourth-order valence-corrected chi connectivity index (χ4v) is 2.15. The number of carbonyl (C=O) groups is 2. The molecule has 1 unspecified atom stereocenters. The van der Waals surface area contributed by atoms with Gasteiger partial charge in [-0.05, 0) is 30.7 Å². The van der Waals surface area contributed by atoms with E-state index in [2.05, 4.69) is 10.3 Å². The molecule has 0 aromatic carbocycles. The average molecular weight is 365 g/mol. The zero-order chi connectivity index (χ0) is 19.2. The van der Waals surface area contributed by atoms with E-state index in [1.54, 1.807) is 12.1 Å². The first-order valence-electron chi connectivity index (χ1n) is 7.60. The number of furan rings is 1. The minimum Gasteiger partial charge on any atom is -0.459 e. The molecule has 0 bridgehead atoms. The summed E-state index contributed by atoms with van der Waals surface area (Å²) >= 11 is 0. The van der Waals surface area contributed by atoms with E-state index in [1.807, 2.05) is 0 Å². The highest BCUT2D eigenvalue weighted by Crippen LogP contribution is 2.29. The average Bonchev–Trinajstić information content (AvgIpc) is 3.13. The highest BCUT2D eigenvalue weighted by atomic mass is 19.4. The Kier molecular flexibility index (Phi) is 6.11. The van der Waals surface area contributed by atoms with Gasteiger partial charge in [0.25, 0.3) is 5.91 Å². The maximum Gasteiger partial charge on any atom is 0.417 e. The van der Waals surface area contributed by atoms with Gasteiger partial charge in [0.05, 0.1) is 23.6 Å². The third-order valence-electron chi connectivity index (χ3n) is 3.49. The fourth-order valence-electron chi connectivity index (χ4n) is 2.15. The molecule has 0 spiro atoms. The molecule has 0 aliphatic carbocycles. The molecule has 6 nitrogen and oxygen atoms in total. The van der Waals surface area contributed by atoms with Gasteiger partial charge in [-0.1, -0.05) is 0 Å². The number of hydrogen-bond donors (Lipinski definition) is 1. The van der Waals surface area contributed by atoms with Gasteiger partial charge < -0.3 is 9.73 Å². The number of aromatic nitrogens is 1. The summed E-state index contributed by atoms with van der Waals surface area (Å²) < 4.78 is 42.5. The van der Waals surface area contributed by atoms with Crippen LogP contribution in [-0.2, 0) is 11.0 Å². The third-order valence-corrected chi connectivity index (χ3v) is 3.49. The predicted molar refractivity (Wildman–Crippen MR) is 82.9 cm³/mol. The molecule has 0 aliphatic rings. The quantitative estimate of drug-likeness (QED) is 0.761. The Labute approximate surface area is 146 Å². The highest BCUT2D eigenvalue weighted by Gasteiger charge is 2.31. The van der Waals surface area contributed by atoms with Gasteiger partial charge in [-0.15, -0.1) is 0 Å². The van der Waals surface area contributed by atoms with Crippen molar-refractivity contribution < 1.29 is 27.2 Å². The SMILES string of the molecule is N#CC(C(=O)CCCNC(=O)c1ccco1)c1ccc(C(F)(F)F)cn1. The Bertz CT molecular complexity index is 793. The molecule has 1 atom stereocenters. The van der Waals surface area contributed by atoms with Crippen LogP contribution in [-0.4, -0.2) is 23.2 Å². The van der Waals surface area contributed by atoms with Gasteiger partial charge in [-0.3, -0.25) is 14.6 Å². The lowest BCUT2D eigenvalue weighted by Gasteiger charge is -2.10. The van der Waals surface area contributed by atoms with Crippen molar-refractivity contribution in [3.05, 3.63) is 53.7 Å². The summed E-state index contributed by atoms with van der Waals surface area (Å²) in [4.78, 5) is 27.3. The number of halogens is 3. The third kappa shape index (κ3) is 4.92. The molecule has 2 rings (SSSR count). The van der Waals surface area contributed by atoms with Crippen LogP contribution in [0.4, 0.5) is 13.2 Å². The molecule has 2 aromatic rings. The van der Waals surface area contributed by atoms with Crippen LogP contribution in [0.5, 0.6) is 0 Å². The van der Waals surface area contributed by atoms with Gasteiger partial charge in [0.2, 0.25) is 0 Å². The Morgan fingerprint density at radius 3 is 2.62 bits per heavy atom. The number of Topliss-reactive ketones (excluding diaryl/α,β-unsaturated/α-hetero) is 1. The first-order valence-corrected chi connectivity index (χ1v) is 7.60. The van der Waals surface area contributed by atoms with Crippen LogP contribution in [0, 0.1) is 11.3 Å². The monoisotopic (exact) mass is 365 g/mol. The van der Waals surface area contributed by atoms with Crippen molar-refractivity contribution in [2.75, 3.05) is 6.54 Å². The van der Waals surface area contributed by atoms with Crippen molar-refractivity contribution in [1.29, 1.82) is 5.26 Å². The first kappa shape index (κ1) is 19.2. The minimum atomic E-state index is -4.54. The van der Waals surface area contributed by atoms with Crippen LogP contribution in [0.25, 0.3) is 0 Å². The summed E-state index contributed by atoms with van der Waals surface area (Å²) in [6.07, 6.45) is -2.35. The molecule has 136 valence electrons. The van der Waals surface area contributed by atoms with Crippen LogP contribution in [0.1, 0.15) is 40.6 Å². The van der Waals surface area contributed by atoms with Crippen molar-refractivity contribution in [2.45, 2.75) is 24.9 Å². The minimum absolute atomic E-state index is 0.0284. The van der Waals surface area contributed by atoms with E-state index in [9.17, 15) is 22.8 Å². The largest absolute Gasteiger partial charge is 0.459 e. The molecule has 0 radical (unpaired) electrons. The highest BCUT2D eigenvalue weighted by molar-refractivity contribution is 5.91. The number of alkyl halides is 3. The molecule has 1 N–H and O–H groups in total. The standard InChI is InChI=1S/C17H14F3N3O3/c18-17(19,20)11-5-6-13(23-10-11)12(9-21)14(24)3-1-7-22-16(25)15-4-2-8-26-15/h2,4-6,8,10,12H,1,3,7H2,(H,22,25). The fraction of sp³-hybridized carbons (Fsp3) is 0.294. The summed E-state index contributed by atoms with van der Waals surface area (Å²) in [6.45, 7) is 0.184. The van der Waals surface area contributed by atoms with Crippen LogP contribution in [0.15, 0.2) is 41.1 Å². The molecule has 2 aromatic heterocycles.